The fourth-order valence-corrected chi connectivity index (χ4v) is 3.02. The average Bonchev–Trinajstić information content (AvgIpc) is 2.58. The van der Waals surface area contributed by atoms with E-state index in [-0.39, 0.29) is 11.4 Å². The number of rotatable bonds is 7. The van der Waals surface area contributed by atoms with Crippen LogP contribution in [-0.4, -0.2) is 27.2 Å². The molecule has 1 amide bonds. The van der Waals surface area contributed by atoms with Gasteiger partial charge in [0.15, 0.2) is 0 Å². The molecule has 27 heavy (non-hydrogen) atoms. The van der Waals surface area contributed by atoms with Crippen molar-refractivity contribution >= 4 is 15.9 Å². The van der Waals surface area contributed by atoms with E-state index in [1.54, 1.807) is 0 Å². The van der Waals surface area contributed by atoms with Crippen molar-refractivity contribution in [3.8, 4) is 5.75 Å². The Hall–Kier alpha value is -2.59. The third-order valence-corrected chi connectivity index (χ3v) is 4.82. The molecule has 0 aliphatic carbocycles. The number of alkyl halides is 3. The number of amides is 1. The van der Waals surface area contributed by atoms with Crippen LogP contribution in [0.4, 0.5) is 13.2 Å². The molecule has 0 heterocycles. The first-order valence-corrected chi connectivity index (χ1v) is 9.21. The number of nitrogens with one attached hydrogen (secondary N) is 2. The molecule has 0 aliphatic rings. The molecular weight excluding hydrogens is 385 g/mol. The van der Waals surface area contributed by atoms with Gasteiger partial charge in [0.05, 0.1) is 11.4 Å². The van der Waals surface area contributed by atoms with Gasteiger partial charge in [-0.3, -0.25) is 4.79 Å². The van der Waals surface area contributed by atoms with Gasteiger partial charge in [-0.1, -0.05) is 29.8 Å². The molecule has 0 atom stereocenters. The zero-order chi connectivity index (χ0) is 20.1. The van der Waals surface area contributed by atoms with Crippen molar-refractivity contribution in [1.82, 2.24) is 10.0 Å². The van der Waals surface area contributed by atoms with Crippen LogP contribution in [0.15, 0.2) is 53.4 Å². The SMILES string of the molecule is Cc1ccc(CNC(=O)CNS(=O)(=O)c2ccc(OC(F)(F)F)cc2)cc1. The molecule has 146 valence electrons. The average molecular weight is 402 g/mol. The van der Waals surface area contributed by atoms with Crippen LogP contribution >= 0.6 is 0 Å². The first-order chi connectivity index (χ1) is 12.5. The van der Waals surface area contributed by atoms with Crippen molar-refractivity contribution in [2.45, 2.75) is 24.7 Å². The summed E-state index contributed by atoms with van der Waals surface area (Å²) >= 11 is 0. The quantitative estimate of drug-likeness (QED) is 0.745. The van der Waals surface area contributed by atoms with Crippen LogP contribution in [0.2, 0.25) is 0 Å². The van der Waals surface area contributed by atoms with Gasteiger partial charge < -0.3 is 10.1 Å². The van der Waals surface area contributed by atoms with E-state index in [1.807, 2.05) is 31.2 Å². The number of halogens is 3. The van der Waals surface area contributed by atoms with E-state index in [0.717, 1.165) is 35.4 Å². The molecular formula is C17H17F3N2O4S. The van der Waals surface area contributed by atoms with Crippen LogP contribution in [0.25, 0.3) is 0 Å². The molecule has 2 rings (SSSR count). The molecule has 0 saturated heterocycles. The van der Waals surface area contributed by atoms with Crippen LogP contribution in [0, 0.1) is 6.92 Å². The van der Waals surface area contributed by atoms with Gasteiger partial charge >= 0.3 is 6.36 Å². The lowest BCUT2D eigenvalue weighted by Crippen LogP contribution is -2.36. The normalized spacial score (nSPS) is 11.9. The van der Waals surface area contributed by atoms with E-state index in [9.17, 15) is 26.4 Å². The van der Waals surface area contributed by atoms with Gasteiger partial charge in [-0.15, -0.1) is 13.2 Å². The molecule has 0 unspecified atom stereocenters. The van der Waals surface area contributed by atoms with Crippen LogP contribution < -0.4 is 14.8 Å². The van der Waals surface area contributed by atoms with Crippen LogP contribution in [-0.2, 0) is 21.4 Å². The second-order valence-electron chi connectivity index (χ2n) is 5.61. The molecule has 0 radical (unpaired) electrons. The number of ether oxygens (including phenoxy) is 1. The Bertz CT molecular complexity index is 880. The molecule has 0 fully saturated rings. The number of benzene rings is 2. The second kappa shape index (κ2) is 8.40. The smallest absolute Gasteiger partial charge is 0.406 e. The van der Waals surface area contributed by atoms with Crippen molar-refractivity contribution in [1.29, 1.82) is 0 Å². The molecule has 2 aromatic rings. The summed E-state index contributed by atoms with van der Waals surface area (Å²) in [6.45, 7) is 1.66. The lowest BCUT2D eigenvalue weighted by molar-refractivity contribution is -0.274. The van der Waals surface area contributed by atoms with E-state index < -0.39 is 34.6 Å². The topological polar surface area (TPSA) is 84.5 Å². The Labute approximate surface area is 154 Å². The van der Waals surface area contributed by atoms with Crippen LogP contribution in [0.5, 0.6) is 5.75 Å². The third-order valence-electron chi connectivity index (χ3n) is 3.40. The maximum absolute atomic E-state index is 12.1. The predicted molar refractivity (Wildman–Crippen MR) is 91.3 cm³/mol. The van der Waals surface area contributed by atoms with E-state index in [4.69, 9.17) is 0 Å². The van der Waals surface area contributed by atoms with Gasteiger partial charge in [-0.05, 0) is 36.8 Å². The Kier molecular flexibility index (Phi) is 6.45. The highest BCUT2D eigenvalue weighted by Crippen LogP contribution is 2.23. The van der Waals surface area contributed by atoms with E-state index >= 15 is 0 Å². The third kappa shape index (κ3) is 6.91. The highest BCUT2D eigenvalue weighted by atomic mass is 32.2. The maximum Gasteiger partial charge on any atom is 0.573 e. The molecule has 10 heteroatoms. The zero-order valence-electron chi connectivity index (χ0n) is 14.2. The van der Waals surface area contributed by atoms with E-state index in [1.165, 1.54) is 0 Å². The summed E-state index contributed by atoms with van der Waals surface area (Å²) in [6, 6.07) is 11.1. The molecule has 0 bridgehead atoms. The number of carbonyl (C=O) groups is 1. The second-order valence-corrected chi connectivity index (χ2v) is 7.37. The number of hydrogen-bond donors (Lipinski definition) is 2. The van der Waals surface area contributed by atoms with Gasteiger partial charge in [0.2, 0.25) is 15.9 Å². The summed E-state index contributed by atoms with van der Waals surface area (Å²) < 4.78 is 66.2. The zero-order valence-corrected chi connectivity index (χ0v) is 15.0. The highest BCUT2D eigenvalue weighted by molar-refractivity contribution is 7.89. The molecule has 0 aromatic heterocycles. The largest absolute Gasteiger partial charge is 0.573 e. The number of hydrogen-bond acceptors (Lipinski definition) is 4. The fraction of sp³-hybridized carbons (Fsp3) is 0.235. The van der Waals surface area contributed by atoms with Gasteiger partial charge in [0.1, 0.15) is 5.75 Å². The predicted octanol–water partition coefficient (Wildman–Crippen LogP) is 2.49. The molecule has 0 spiro atoms. The molecule has 0 saturated carbocycles. The standard InChI is InChI=1S/C17H17F3N2O4S/c1-12-2-4-13(5-3-12)10-21-16(23)11-22-27(24,25)15-8-6-14(7-9-15)26-17(18,19)20/h2-9,22H,10-11H2,1H3,(H,21,23). The first-order valence-electron chi connectivity index (χ1n) is 7.73. The Morgan fingerprint density at radius 1 is 1.04 bits per heavy atom. The van der Waals surface area contributed by atoms with Crippen molar-refractivity contribution in [2.24, 2.45) is 0 Å². The summed E-state index contributed by atoms with van der Waals surface area (Å²) in [4.78, 5) is 11.5. The molecule has 2 N–H and O–H groups in total. The van der Waals surface area contributed by atoms with Gasteiger partial charge in [0, 0.05) is 6.54 Å². The molecule has 6 nitrogen and oxygen atoms in total. The lowest BCUT2D eigenvalue weighted by atomic mass is 10.1. The summed E-state index contributed by atoms with van der Waals surface area (Å²) in [5, 5.41) is 2.57. The Balaban J connectivity index is 1.88. The number of carbonyl (C=O) groups excluding carboxylic acids is 1. The van der Waals surface area contributed by atoms with Crippen LogP contribution in [0.3, 0.4) is 0 Å². The van der Waals surface area contributed by atoms with Crippen molar-refractivity contribution in [3.63, 3.8) is 0 Å². The minimum Gasteiger partial charge on any atom is -0.406 e. The number of sulfonamides is 1. The first kappa shape index (κ1) is 20.7. The van der Waals surface area contributed by atoms with Gasteiger partial charge in [-0.25, -0.2) is 13.1 Å². The van der Waals surface area contributed by atoms with Crippen LogP contribution in [0.1, 0.15) is 11.1 Å². The lowest BCUT2D eigenvalue weighted by Gasteiger charge is -2.10. The van der Waals surface area contributed by atoms with Crippen molar-refractivity contribution in [2.75, 3.05) is 6.54 Å². The summed E-state index contributed by atoms with van der Waals surface area (Å²) in [5.41, 5.74) is 1.93. The molecule has 2 aromatic carbocycles. The highest BCUT2D eigenvalue weighted by Gasteiger charge is 2.31. The molecule has 0 aliphatic heterocycles. The van der Waals surface area contributed by atoms with Gasteiger partial charge in [-0.2, -0.15) is 0 Å². The van der Waals surface area contributed by atoms with E-state index in [2.05, 4.69) is 14.8 Å². The Morgan fingerprint density at radius 3 is 2.19 bits per heavy atom. The fourth-order valence-electron chi connectivity index (χ4n) is 2.03. The van der Waals surface area contributed by atoms with Crippen molar-refractivity contribution < 1.29 is 31.1 Å². The number of aryl methyl sites for hydroxylation is 1. The summed E-state index contributed by atoms with van der Waals surface area (Å²) in [7, 11) is -4.05. The Morgan fingerprint density at radius 2 is 1.63 bits per heavy atom. The van der Waals surface area contributed by atoms with Gasteiger partial charge in [0.25, 0.3) is 0 Å². The minimum absolute atomic E-state index is 0.240. The summed E-state index contributed by atoms with van der Waals surface area (Å²) in [6.07, 6.45) is -4.87. The maximum atomic E-state index is 12.1. The summed E-state index contributed by atoms with van der Waals surface area (Å²) in [5.74, 6) is -1.09. The van der Waals surface area contributed by atoms with Crippen molar-refractivity contribution in [3.05, 3.63) is 59.7 Å². The monoisotopic (exact) mass is 402 g/mol. The minimum atomic E-state index is -4.87. The van der Waals surface area contributed by atoms with E-state index in [0.29, 0.717) is 0 Å².